The van der Waals surface area contributed by atoms with Crippen LogP contribution in [0.2, 0.25) is 5.02 Å². The van der Waals surface area contributed by atoms with Crippen LogP contribution in [0.5, 0.6) is 5.75 Å². The van der Waals surface area contributed by atoms with Crippen LogP contribution >= 0.6 is 11.6 Å². The highest BCUT2D eigenvalue weighted by Crippen LogP contribution is 2.36. The van der Waals surface area contributed by atoms with Gasteiger partial charge in [-0.25, -0.2) is 0 Å². The number of hydrogen-bond donors (Lipinski definition) is 0. The van der Waals surface area contributed by atoms with E-state index in [1.807, 2.05) is 21.9 Å². The summed E-state index contributed by atoms with van der Waals surface area (Å²) in [5, 5.41) is 0.658. The zero-order valence-electron chi connectivity index (χ0n) is 18.6. The predicted molar refractivity (Wildman–Crippen MR) is 121 cm³/mol. The number of carbonyl (C=O) groups is 2. The molecule has 0 radical (unpaired) electrons. The Morgan fingerprint density at radius 2 is 1.81 bits per heavy atom. The molecule has 2 fully saturated rings. The van der Waals surface area contributed by atoms with Gasteiger partial charge >= 0.3 is 0 Å². The largest absolute Gasteiger partial charge is 0.493 e. The van der Waals surface area contributed by atoms with Crippen molar-refractivity contribution in [3.8, 4) is 5.75 Å². The fourth-order valence-corrected chi connectivity index (χ4v) is 4.56. The lowest BCUT2D eigenvalue weighted by Gasteiger charge is -2.43. The molecule has 0 aliphatic carbocycles. The SMILES string of the molecule is CCCCCC(=O)N1CCC[C@@](COc2ccc(Cl)cc2)(CC(=O)N2CCOCC2)C1. The summed E-state index contributed by atoms with van der Waals surface area (Å²) in [4.78, 5) is 29.8. The highest BCUT2D eigenvalue weighted by Gasteiger charge is 2.40. The summed E-state index contributed by atoms with van der Waals surface area (Å²) in [5.74, 6) is 1.06. The van der Waals surface area contributed by atoms with Crippen molar-refractivity contribution >= 4 is 23.4 Å². The van der Waals surface area contributed by atoms with Gasteiger partial charge in [-0.15, -0.1) is 0 Å². The van der Waals surface area contributed by atoms with Gasteiger partial charge in [-0.2, -0.15) is 0 Å². The Morgan fingerprint density at radius 1 is 1.06 bits per heavy atom. The van der Waals surface area contributed by atoms with Crippen LogP contribution in [0.3, 0.4) is 0 Å². The molecular weight excluding hydrogens is 416 g/mol. The number of morpholine rings is 1. The zero-order chi connectivity index (χ0) is 22.1. The summed E-state index contributed by atoms with van der Waals surface area (Å²) < 4.78 is 11.5. The quantitative estimate of drug-likeness (QED) is 0.530. The molecule has 0 saturated carbocycles. The van der Waals surface area contributed by atoms with Crippen LogP contribution < -0.4 is 4.74 Å². The van der Waals surface area contributed by atoms with Gasteiger partial charge in [0.1, 0.15) is 5.75 Å². The molecule has 31 heavy (non-hydrogen) atoms. The smallest absolute Gasteiger partial charge is 0.223 e. The van der Waals surface area contributed by atoms with Gasteiger partial charge < -0.3 is 19.3 Å². The average molecular weight is 451 g/mol. The van der Waals surface area contributed by atoms with E-state index in [0.29, 0.717) is 57.3 Å². The van der Waals surface area contributed by atoms with Crippen molar-refractivity contribution in [1.82, 2.24) is 9.80 Å². The molecule has 1 aromatic rings. The van der Waals surface area contributed by atoms with Crippen molar-refractivity contribution in [2.75, 3.05) is 46.0 Å². The van der Waals surface area contributed by atoms with Crippen LogP contribution in [0.1, 0.15) is 51.9 Å². The number of rotatable bonds is 9. The molecule has 0 spiro atoms. The molecule has 0 bridgehead atoms. The van der Waals surface area contributed by atoms with Gasteiger partial charge in [-0.3, -0.25) is 9.59 Å². The number of nitrogens with zero attached hydrogens (tertiary/aromatic N) is 2. The minimum atomic E-state index is -0.381. The maximum Gasteiger partial charge on any atom is 0.223 e. The molecule has 0 unspecified atom stereocenters. The number of likely N-dealkylation sites (tertiary alicyclic amines) is 1. The van der Waals surface area contributed by atoms with Crippen molar-refractivity contribution in [2.45, 2.75) is 51.9 Å². The molecule has 7 heteroatoms. The summed E-state index contributed by atoms with van der Waals surface area (Å²) in [6, 6.07) is 7.28. The molecule has 0 aromatic heterocycles. The third kappa shape index (κ3) is 7.11. The molecular formula is C24H35ClN2O4. The van der Waals surface area contributed by atoms with E-state index in [2.05, 4.69) is 6.92 Å². The highest BCUT2D eigenvalue weighted by atomic mass is 35.5. The van der Waals surface area contributed by atoms with E-state index >= 15 is 0 Å². The first-order valence-electron chi connectivity index (χ1n) is 11.5. The first-order chi connectivity index (χ1) is 15.0. The van der Waals surface area contributed by atoms with Crippen LogP contribution in [0.15, 0.2) is 24.3 Å². The van der Waals surface area contributed by atoms with E-state index < -0.39 is 0 Å². The molecule has 2 aliphatic rings. The second-order valence-corrected chi connectivity index (χ2v) is 9.22. The summed E-state index contributed by atoms with van der Waals surface area (Å²) in [6.45, 7) is 6.32. The Kier molecular flexibility index (Phi) is 9.02. The Morgan fingerprint density at radius 3 is 2.52 bits per heavy atom. The molecule has 1 aromatic carbocycles. The van der Waals surface area contributed by atoms with Crippen molar-refractivity contribution in [3.63, 3.8) is 0 Å². The first-order valence-corrected chi connectivity index (χ1v) is 11.9. The standard InChI is InChI=1S/C24H35ClN2O4/c1-2-3-4-6-22(28)27-12-5-11-24(18-27,17-23(29)26-13-15-30-16-14-26)19-31-21-9-7-20(25)8-10-21/h7-10H,2-6,11-19H2,1H3/t24-/m1/s1. The van der Waals surface area contributed by atoms with Crippen LogP contribution in [-0.2, 0) is 14.3 Å². The van der Waals surface area contributed by atoms with E-state index in [1.165, 1.54) is 0 Å². The number of halogens is 1. The second kappa shape index (κ2) is 11.7. The number of amides is 2. The van der Waals surface area contributed by atoms with Gasteiger partial charge in [0.05, 0.1) is 19.8 Å². The van der Waals surface area contributed by atoms with E-state index in [9.17, 15) is 9.59 Å². The van der Waals surface area contributed by atoms with E-state index in [4.69, 9.17) is 21.1 Å². The zero-order valence-corrected chi connectivity index (χ0v) is 19.4. The number of unbranched alkanes of at least 4 members (excludes halogenated alkanes) is 2. The van der Waals surface area contributed by atoms with E-state index in [0.717, 1.165) is 44.4 Å². The maximum atomic E-state index is 13.1. The Bertz CT molecular complexity index is 721. The normalized spacial score (nSPS) is 21.7. The van der Waals surface area contributed by atoms with Crippen molar-refractivity contribution in [3.05, 3.63) is 29.3 Å². The number of carbonyl (C=O) groups excluding carboxylic acids is 2. The minimum Gasteiger partial charge on any atom is -0.493 e. The topological polar surface area (TPSA) is 59.1 Å². The van der Waals surface area contributed by atoms with Crippen LogP contribution in [0.25, 0.3) is 0 Å². The molecule has 1 atom stereocenters. The van der Waals surface area contributed by atoms with Crippen molar-refractivity contribution in [2.24, 2.45) is 5.41 Å². The Hall–Kier alpha value is -1.79. The molecule has 2 saturated heterocycles. The van der Waals surface area contributed by atoms with Gasteiger partial charge in [0.15, 0.2) is 0 Å². The van der Waals surface area contributed by atoms with Crippen LogP contribution in [0.4, 0.5) is 0 Å². The van der Waals surface area contributed by atoms with Crippen LogP contribution in [0, 0.1) is 5.41 Å². The molecule has 2 aliphatic heterocycles. The van der Waals surface area contributed by atoms with Crippen molar-refractivity contribution < 1.29 is 19.1 Å². The Labute approximate surface area is 190 Å². The summed E-state index contributed by atoms with van der Waals surface area (Å²) >= 11 is 5.99. The molecule has 2 amide bonds. The second-order valence-electron chi connectivity index (χ2n) is 8.79. The molecule has 0 N–H and O–H groups in total. The van der Waals surface area contributed by atoms with Gasteiger partial charge in [0, 0.05) is 49.5 Å². The van der Waals surface area contributed by atoms with Gasteiger partial charge in [-0.1, -0.05) is 31.4 Å². The lowest BCUT2D eigenvalue weighted by molar-refractivity contribution is -0.143. The van der Waals surface area contributed by atoms with Gasteiger partial charge in [0.2, 0.25) is 11.8 Å². The fraction of sp³-hybridized carbons (Fsp3) is 0.667. The minimum absolute atomic E-state index is 0.128. The van der Waals surface area contributed by atoms with Crippen LogP contribution in [-0.4, -0.2) is 67.6 Å². The first kappa shape index (κ1) is 23.9. The Balaban J connectivity index is 1.69. The lowest BCUT2D eigenvalue weighted by atomic mass is 9.77. The number of hydrogen-bond acceptors (Lipinski definition) is 4. The number of ether oxygens (including phenoxy) is 2. The lowest BCUT2D eigenvalue weighted by Crippen LogP contribution is -2.52. The van der Waals surface area contributed by atoms with Crippen molar-refractivity contribution in [1.29, 1.82) is 0 Å². The van der Waals surface area contributed by atoms with E-state index in [1.54, 1.807) is 12.1 Å². The maximum absolute atomic E-state index is 13.1. The monoisotopic (exact) mass is 450 g/mol. The molecule has 3 rings (SSSR count). The highest BCUT2D eigenvalue weighted by molar-refractivity contribution is 6.30. The van der Waals surface area contributed by atoms with E-state index in [-0.39, 0.29) is 17.2 Å². The van der Waals surface area contributed by atoms with Gasteiger partial charge in [-0.05, 0) is 43.5 Å². The predicted octanol–water partition coefficient (Wildman–Crippen LogP) is 4.16. The summed E-state index contributed by atoms with van der Waals surface area (Å²) in [7, 11) is 0. The fourth-order valence-electron chi connectivity index (χ4n) is 4.43. The third-order valence-corrected chi connectivity index (χ3v) is 6.51. The average Bonchev–Trinajstić information content (AvgIpc) is 2.79. The number of benzene rings is 1. The van der Waals surface area contributed by atoms with Gasteiger partial charge in [0.25, 0.3) is 0 Å². The summed E-state index contributed by atoms with van der Waals surface area (Å²) in [5.41, 5.74) is -0.381. The number of piperidine rings is 1. The molecule has 2 heterocycles. The molecule has 172 valence electrons. The third-order valence-electron chi connectivity index (χ3n) is 6.26. The summed E-state index contributed by atoms with van der Waals surface area (Å²) in [6.07, 6.45) is 5.82. The molecule has 6 nitrogen and oxygen atoms in total.